The molecule has 0 aliphatic carbocycles. The van der Waals surface area contributed by atoms with Crippen LogP contribution in [0.5, 0.6) is 0 Å². The number of benzene rings is 1. The van der Waals surface area contributed by atoms with Gasteiger partial charge in [-0.3, -0.25) is 4.98 Å². The highest BCUT2D eigenvalue weighted by atomic mass is 14.6. The van der Waals surface area contributed by atoms with E-state index in [2.05, 4.69) is 30.1 Å². The van der Waals surface area contributed by atoms with Gasteiger partial charge < -0.3 is 5.73 Å². The fourth-order valence-electron chi connectivity index (χ4n) is 2.12. The molecule has 0 bridgehead atoms. The first-order valence-electron chi connectivity index (χ1n) is 5.84. The van der Waals surface area contributed by atoms with Crippen LogP contribution >= 0.6 is 0 Å². The van der Waals surface area contributed by atoms with Crippen molar-refractivity contribution < 1.29 is 0 Å². The Morgan fingerprint density at radius 3 is 2.94 bits per heavy atom. The number of pyridine rings is 1. The van der Waals surface area contributed by atoms with Crippen LogP contribution < -0.4 is 5.73 Å². The summed E-state index contributed by atoms with van der Waals surface area (Å²) in [5, 5.41) is 2.57. The van der Waals surface area contributed by atoms with Crippen molar-refractivity contribution in [1.29, 1.82) is 0 Å². The molecule has 2 heteroatoms. The molecule has 1 aromatic carbocycles. The second kappa shape index (κ2) is 5.08. The number of nitrogens with two attached hydrogens (primary N) is 1. The minimum atomic E-state index is 0.783. The van der Waals surface area contributed by atoms with Crippen LogP contribution in [0.15, 0.2) is 30.6 Å². The molecule has 0 amide bonds. The van der Waals surface area contributed by atoms with Gasteiger partial charge in [0.2, 0.25) is 0 Å². The lowest BCUT2D eigenvalue weighted by Crippen LogP contribution is -1.99. The molecule has 0 saturated heterocycles. The monoisotopic (exact) mass is 214 g/mol. The first kappa shape index (κ1) is 11.1. The Kier molecular flexibility index (Phi) is 3.52. The minimum absolute atomic E-state index is 0.783. The quantitative estimate of drug-likeness (QED) is 0.795. The molecule has 0 spiro atoms. The summed E-state index contributed by atoms with van der Waals surface area (Å²) in [6, 6.07) is 6.57. The van der Waals surface area contributed by atoms with Crippen molar-refractivity contribution in [3.05, 3.63) is 41.7 Å². The SMILES string of the molecule is Cc1cc(CCCCN)c2ccncc2c1. The zero-order valence-electron chi connectivity index (χ0n) is 9.74. The highest BCUT2D eigenvalue weighted by Crippen LogP contribution is 2.21. The van der Waals surface area contributed by atoms with E-state index in [1.807, 2.05) is 12.4 Å². The van der Waals surface area contributed by atoms with E-state index in [1.54, 1.807) is 0 Å². The summed E-state index contributed by atoms with van der Waals surface area (Å²) in [7, 11) is 0. The molecule has 16 heavy (non-hydrogen) atoms. The third-order valence-electron chi connectivity index (χ3n) is 2.88. The molecule has 2 rings (SSSR count). The summed E-state index contributed by atoms with van der Waals surface area (Å²) in [5.41, 5.74) is 8.26. The molecule has 2 nitrogen and oxygen atoms in total. The fraction of sp³-hybridized carbons (Fsp3) is 0.357. The molecule has 0 fully saturated rings. The van der Waals surface area contributed by atoms with Crippen molar-refractivity contribution >= 4 is 10.8 Å². The second-order valence-electron chi connectivity index (χ2n) is 4.27. The van der Waals surface area contributed by atoms with Gasteiger partial charge in [-0.15, -0.1) is 0 Å². The molecule has 0 aliphatic rings. The van der Waals surface area contributed by atoms with Gasteiger partial charge in [0.05, 0.1) is 0 Å². The Morgan fingerprint density at radius 2 is 2.12 bits per heavy atom. The lowest BCUT2D eigenvalue weighted by atomic mass is 9.99. The standard InChI is InChI=1S/C14H18N2/c1-11-8-12(4-2-3-6-15)14-5-7-16-10-13(14)9-11/h5,7-10H,2-4,6,15H2,1H3. The number of unbranched alkanes of at least 4 members (excludes halogenated alkanes) is 1. The average molecular weight is 214 g/mol. The molecule has 2 aromatic rings. The van der Waals surface area contributed by atoms with Gasteiger partial charge in [0.25, 0.3) is 0 Å². The zero-order chi connectivity index (χ0) is 11.4. The van der Waals surface area contributed by atoms with Crippen molar-refractivity contribution in [3.63, 3.8) is 0 Å². The molecule has 0 radical (unpaired) electrons. The first-order chi connectivity index (χ1) is 7.81. The summed E-state index contributed by atoms with van der Waals surface area (Å²) in [6.07, 6.45) is 7.18. The lowest BCUT2D eigenvalue weighted by molar-refractivity contribution is 0.747. The van der Waals surface area contributed by atoms with Crippen molar-refractivity contribution in [2.24, 2.45) is 5.73 Å². The molecular formula is C14H18N2. The summed E-state index contributed by atoms with van der Waals surface area (Å²) in [5.74, 6) is 0. The third kappa shape index (κ3) is 2.39. The maximum Gasteiger partial charge on any atom is 0.0346 e. The van der Waals surface area contributed by atoms with Gasteiger partial charge in [-0.05, 0) is 55.8 Å². The van der Waals surface area contributed by atoms with Crippen molar-refractivity contribution in [1.82, 2.24) is 4.98 Å². The number of fused-ring (bicyclic) bond motifs is 1. The van der Waals surface area contributed by atoms with E-state index in [0.717, 1.165) is 25.8 Å². The Bertz CT molecular complexity index is 477. The van der Waals surface area contributed by atoms with E-state index in [9.17, 15) is 0 Å². The molecule has 0 atom stereocenters. The van der Waals surface area contributed by atoms with Gasteiger partial charge in [0.15, 0.2) is 0 Å². The summed E-state index contributed by atoms with van der Waals surface area (Å²) < 4.78 is 0. The smallest absolute Gasteiger partial charge is 0.0346 e. The van der Waals surface area contributed by atoms with E-state index < -0.39 is 0 Å². The van der Waals surface area contributed by atoms with Crippen molar-refractivity contribution in [2.45, 2.75) is 26.2 Å². The summed E-state index contributed by atoms with van der Waals surface area (Å²) in [6.45, 7) is 2.92. The van der Waals surface area contributed by atoms with Crippen LogP contribution in [0.1, 0.15) is 24.0 Å². The topological polar surface area (TPSA) is 38.9 Å². The maximum atomic E-state index is 5.53. The Labute approximate surface area is 96.5 Å². The van der Waals surface area contributed by atoms with Gasteiger partial charge in [-0.25, -0.2) is 0 Å². The molecule has 1 heterocycles. The third-order valence-corrected chi connectivity index (χ3v) is 2.88. The Balaban J connectivity index is 2.34. The summed E-state index contributed by atoms with van der Waals surface area (Å²) >= 11 is 0. The average Bonchev–Trinajstić information content (AvgIpc) is 2.29. The summed E-state index contributed by atoms with van der Waals surface area (Å²) in [4.78, 5) is 4.17. The van der Waals surface area contributed by atoms with E-state index in [-0.39, 0.29) is 0 Å². The second-order valence-corrected chi connectivity index (χ2v) is 4.27. The minimum Gasteiger partial charge on any atom is -0.330 e. The number of hydrogen-bond donors (Lipinski definition) is 1. The molecule has 0 unspecified atom stereocenters. The van der Waals surface area contributed by atoms with Crippen LogP contribution in [0.3, 0.4) is 0 Å². The van der Waals surface area contributed by atoms with Gasteiger partial charge in [-0.2, -0.15) is 0 Å². The number of rotatable bonds is 4. The van der Waals surface area contributed by atoms with Crippen LogP contribution in [0.25, 0.3) is 10.8 Å². The molecule has 2 N–H and O–H groups in total. The van der Waals surface area contributed by atoms with Crippen LogP contribution in [-0.4, -0.2) is 11.5 Å². The maximum absolute atomic E-state index is 5.53. The first-order valence-corrected chi connectivity index (χ1v) is 5.84. The van der Waals surface area contributed by atoms with Crippen molar-refractivity contribution in [3.8, 4) is 0 Å². The Hall–Kier alpha value is -1.41. The molecule has 0 saturated carbocycles. The van der Waals surface area contributed by atoms with E-state index >= 15 is 0 Å². The van der Waals surface area contributed by atoms with E-state index in [4.69, 9.17) is 5.73 Å². The van der Waals surface area contributed by atoms with Crippen LogP contribution in [0, 0.1) is 6.92 Å². The van der Waals surface area contributed by atoms with Gasteiger partial charge in [-0.1, -0.05) is 11.6 Å². The molecule has 1 aromatic heterocycles. The highest BCUT2D eigenvalue weighted by molar-refractivity contribution is 5.85. The highest BCUT2D eigenvalue weighted by Gasteiger charge is 2.02. The zero-order valence-corrected chi connectivity index (χ0v) is 9.74. The largest absolute Gasteiger partial charge is 0.330 e. The van der Waals surface area contributed by atoms with E-state index in [0.29, 0.717) is 0 Å². The van der Waals surface area contributed by atoms with Gasteiger partial charge in [0.1, 0.15) is 0 Å². The van der Waals surface area contributed by atoms with E-state index in [1.165, 1.54) is 21.9 Å². The normalized spacial score (nSPS) is 10.9. The number of nitrogens with zero attached hydrogens (tertiary/aromatic N) is 1. The van der Waals surface area contributed by atoms with Crippen molar-refractivity contribution in [2.75, 3.05) is 6.54 Å². The van der Waals surface area contributed by atoms with Crippen LogP contribution in [0.2, 0.25) is 0 Å². The van der Waals surface area contributed by atoms with Gasteiger partial charge >= 0.3 is 0 Å². The molecule has 84 valence electrons. The number of hydrogen-bond acceptors (Lipinski definition) is 2. The molecular weight excluding hydrogens is 196 g/mol. The fourth-order valence-corrected chi connectivity index (χ4v) is 2.12. The number of aryl methyl sites for hydroxylation is 2. The Morgan fingerprint density at radius 1 is 1.25 bits per heavy atom. The van der Waals surface area contributed by atoms with Gasteiger partial charge in [0, 0.05) is 17.8 Å². The van der Waals surface area contributed by atoms with Crippen LogP contribution in [-0.2, 0) is 6.42 Å². The predicted octanol–water partition coefficient (Wildman–Crippen LogP) is 2.82. The lowest BCUT2D eigenvalue weighted by Gasteiger charge is -2.07. The van der Waals surface area contributed by atoms with Crippen LogP contribution in [0.4, 0.5) is 0 Å². The molecule has 0 aliphatic heterocycles. The predicted molar refractivity (Wildman–Crippen MR) is 68.5 cm³/mol. The number of aromatic nitrogens is 1.